The lowest BCUT2D eigenvalue weighted by Crippen LogP contribution is -2.26. The molecule has 1 aliphatic rings. The van der Waals surface area contributed by atoms with Crippen LogP contribution in [0, 0.1) is 0 Å². The molecule has 0 N–H and O–H groups in total. The number of Topliss-reactive ketones (excluding diaryl/α,β-unsaturated/α-hetero) is 1. The van der Waals surface area contributed by atoms with Gasteiger partial charge in [-0.25, -0.2) is 4.68 Å². The summed E-state index contributed by atoms with van der Waals surface area (Å²) in [5.41, 5.74) is 3.66. The summed E-state index contributed by atoms with van der Waals surface area (Å²) >= 11 is 0. The van der Waals surface area contributed by atoms with Gasteiger partial charge in [0.25, 0.3) is 5.56 Å². The van der Waals surface area contributed by atoms with Crippen LogP contribution in [-0.2, 0) is 26.2 Å². The van der Waals surface area contributed by atoms with Crippen molar-refractivity contribution >= 4 is 5.78 Å². The van der Waals surface area contributed by atoms with E-state index < -0.39 is 0 Å². The van der Waals surface area contributed by atoms with Crippen LogP contribution in [0.4, 0.5) is 0 Å². The van der Waals surface area contributed by atoms with E-state index in [4.69, 9.17) is 4.74 Å². The maximum atomic E-state index is 12.6. The van der Waals surface area contributed by atoms with Crippen molar-refractivity contribution in [2.75, 3.05) is 7.05 Å². The van der Waals surface area contributed by atoms with Crippen LogP contribution >= 0.6 is 0 Å². The molecule has 0 amide bonds. The highest BCUT2D eigenvalue weighted by Crippen LogP contribution is 2.22. The van der Waals surface area contributed by atoms with Gasteiger partial charge in [-0.05, 0) is 29.8 Å². The Labute approximate surface area is 163 Å². The van der Waals surface area contributed by atoms with E-state index in [9.17, 15) is 9.59 Å². The molecule has 2 aromatic carbocycles. The minimum absolute atomic E-state index is 0.0908. The maximum Gasteiger partial charge on any atom is 0.270 e. The van der Waals surface area contributed by atoms with E-state index in [1.54, 1.807) is 0 Å². The number of ketones is 1. The number of ether oxygens (including phenoxy) is 1. The summed E-state index contributed by atoms with van der Waals surface area (Å²) in [5, 5.41) is 4.09. The largest absolute Gasteiger partial charge is 0.487 e. The van der Waals surface area contributed by atoms with Crippen LogP contribution in [0.1, 0.15) is 27.0 Å². The molecule has 0 aliphatic carbocycles. The standard InChI is InChI=1S/C22H21N3O3/c1-24-12-18-8-7-17(9-19(18)13-24)21(26)14-25-22(27)10-20(11-23-25)28-15-16-5-3-2-4-6-16/h2-11H,12-15H2,1H3. The van der Waals surface area contributed by atoms with Crippen LogP contribution in [0.5, 0.6) is 5.75 Å². The fraction of sp³-hybridized carbons (Fsp3) is 0.227. The topological polar surface area (TPSA) is 64.4 Å². The van der Waals surface area contributed by atoms with E-state index >= 15 is 0 Å². The van der Waals surface area contributed by atoms with Crippen molar-refractivity contribution in [1.82, 2.24) is 14.7 Å². The van der Waals surface area contributed by atoms with Crippen LogP contribution in [-0.4, -0.2) is 27.5 Å². The predicted molar refractivity (Wildman–Crippen MR) is 105 cm³/mol. The fourth-order valence-corrected chi connectivity index (χ4v) is 3.32. The minimum Gasteiger partial charge on any atom is -0.487 e. The molecule has 0 unspecified atom stereocenters. The van der Waals surface area contributed by atoms with Crippen molar-refractivity contribution in [2.45, 2.75) is 26.2 Å². The molecule has 0 saturated carbocycles. The van der Waals surface area contributed by atoms with E-state index in [0.717, 1.165) is 23.3 Å². The Morgan fingerprint density at radius 3 is 2.64 bits per heavy atom. The lowest BCUT2D eigenvalue weighted by molar-refractivity contribution is 0.0965. The average Bonchev–Trinajstić information content (AvgIpc) is 3.08. The first kappa shape index (κ1) is 18.1. The molecule has 0 fully saturated rings. The van der Waals surface area contributed by atoms with E-state index in [1.807, 2.05) is 55.6 Å². The smallest absolute Gasteiger partial charge is 0.270 e. The van der Waals surface area contributed by atoms with Crippen molar-refractivity contribution in [3.63, 3.8) is 0 Å². The summed E-state index contributed by atoms with van der Waals surface area (Å²) in [6, 6.07) is 16.8. The monoisotopic (exact) mass is 375 g/mol. The maximum absolute atomic E-state index is 12.6. The normalized spacial score (nSPS) is 13.3. The Kier molecular flexibility index (Phi) is 5.04. The SMILES string of the molecule is CN1Cc2ccc(C(=O)Cn3ncc(OCc4ccccc4)cc3=O)cc2C1. The van der Waals surface area contributed by atoms with Crippen molar-refractivity contribution in [2.24, 2.45) is 0 Å². The number of benzene rings is 2. The fourth-order valence-electron chi connectivity index (χ4n) is 3.32. The van der Waals surface area contributed by atoms with Crippen LogP contribution in [0.15, 0.2) is 65.6 Å². The molecule has 0 atom stereocenters. The van der Waals surface area contributed by atoms with Gasteiger partial charge in [0, 0.05) is 24.7 Å². The third-order valence-electron chi connectivity index (χ3n) is 4.79. The molecule has 2 heterocycles. The molecular formula is C22H21N3O3. The lowest BCUT2D eigenvalue weighted by atomic mass is 10.0. The van der Waals surface area contributed by atoms with Gasteiger partial charge in [-0.1, -0.05) is 42.5 Å². The van der Waals surface area contributed by atoms with Crippen molar-refractivity contribution in [1.29, 1.82) is 0 Å². The number of hydrogen-bond donors (Lipinski definition) is 0. The number of fused-ring (bicyclic) bond motifs is 1. The van der Waals surface area contributed by atoms with Crippen LogP contribution in [0.2, 0.25) is 0 Å². The van der Waals surface area contributed by atoms with Gasteiger partial charge in [-0.2, -0.15) is 5.10 Å². The number of aromatic nitrogens is 2. The number of rotatable bonds is 6. The molecule has 1 aromatic heterocycles. The third kappa shape index (κ3) is 4.02. The number of hydrogen-bond acceptors (Lipinski definition) is 5. The quantitative estimate of drug-likeness (QED) is 0.620. The van der Waals surface area contributed by atoms with Gasteiger partial charge in [0.15, 0.2) is 5.78 Å². The molecule has 0 radical (unpaired) electrons. The second-order valence-corrected chi connectivity index (χ2v) is 7.04. The van der Waals surface area contributed by atoms with Gasteiger partial charge in [0.1, 0.15) is 18.9 Å². The zero-order chi connectivity index (χ0) is 19.5. The van der Waals surface area contributed by atoms with Gasteiger partial charge in [-0.15, -0.1) is 0 Å². The molecule has 3 aromatic rings. The average molecular weight is 375 g/mol. The molecule has 142 valence electrons. The molecule has 0 saturated heterocycles. The second-order valence-electron chi connectivity index (χ2n) is 7.04. The van der Waals surface area contributed by atoms with E-state index in [1.165, 1.54) is 23.4 Å². The Balaban J connectivity index is 1.43. The highest BCUT2D eigenvalue weighted by atomic mass is 16.5. The zero-order valence-electron chi connectivity index (χ0n) is 15.7. The molecule has 0 bridgehead atoms. The van der Waals surface area contributed by atoms with Crippen molar-refractivity contribution in [3.05, 3.63) is 93.4 Å². The molecule has 28 heavy (non-hydrogen) atoms. The first-order valence-corrected chi connectivity index (χ1v) is 9.16. The lowest BCUT2D eigenvalue weighted by Gasteiger charge is -2.08. The predicted octanol–water partition coefficient (Wildman–Crippen LogP) is 2.65. The molecule has 6 heteroatoms. The number of carbonyl (C=O) groups is 1. The minimum atomic E-state index is -0.361. The van der Waals surface area contributed by atoms with Gasteiger partial charge in [0.2, 0.25) is 0 Å². The highest BCUT2D eigenvalue weighted by molar-refractivity contribution is 5.96. The summed E-state index contributed by atoms with van der Waals surface area (Å²) in [6.07, 6.45) is 1.47. The Morgan fingerprint density at radius 2 is 1.86 bits per heavy atom. The van der Waals surface area contributed by atoms with Gasteiger partial charge in [-0.3, -0.25) is 14.5 Å². The number of nitrogens with zero attached hydrogens (tertiary/aromatic N) is 3. The molecular weight excluding hydrogens is 354 g/mol. The second kappa shape index (κ2) is 7.78. The highest BCUT2D eigenvalue weighted by Gasteiger charge is 2.18. The van der Waals surface area contributed by atoms with Gasteiger partial charge < -0.3 is 4.74 Å². The summed E-state index contributed by atoms with van der Waals surface area (Å²) < 4.78 is 6.78. The molecule has 0 spiro atoms. The Bertz CT molecular complexity index is 1060. The summed E-state index contributed by atoms with van der Waals surface area (Å²) in [5.74, 6) is 0.253. The van der Waals surface area contributed by atoms with Crippen LogP contribution < -0.4 is 10.3 Å². The van der Waals surface area contributed by atoms with Gasteiger partial charge >= 0.3 is 0 Å². The van der Waals surface area contributed by atoms with Crippen LogP contribution in [0.3, 0.4) is 0 Å². The third-order valence-corrected chi connectivity index (χ3v) is 4.79. The van der Waals surface area contributed by atoms with Crippen molar-refractivity contribution < 1.29 is 9.53 Å². The van der Waals surface area contributed by atoms with E-state index in [-0.39, 0.29) is 17.9 Å². The summed E-state index contributed by atoms with van der Waals surface area (Å²) in [4.78, 5) is 27.1. The van der Waals surface area contributed by atoms with Crippen LogP contribution in [0.25, 0.3) is 0 Å². The van der Waals surface area contributed by atoms with Crippen molar-refractivity contribution in [3.8, 4) is 5.75 Å². The van der Waals surface area contributed by atoms with E-state index in [2.05, 4.69) is 10.00 Å². The summed E-state index contributed by atoms with van der Waals surface area (Å²) in [6.45, 7) is 2.00. The molecule has 4 rings (SSSR count). The molecule has 1 aliphatic heterocycles. The first-order valence-electron chi connectivity index (χ1n) is 9.16. The van der Waals surface area contributed by atoms with E-state index in [0.29, 0.717) is 17.9 Å². The first-order chi connectivity index (χ1) is 13.6. The Hall–Kier alpha value is -3.25. The zero-order valence-corrected chi connectivity index (χ0v) is 15.7. The van der Waals surface area contributed by atoms with Gasteiger partial charge in [0.05, 0.1) is 6.20 Å². The Morgan fingerprint density at radius 1 is 1.07 bits per heavy atom. The number of carbonyl (C=O) groups excluding carboxylic acids is 1. The summed E-state index contributed by atoms with van der Waals surface area (Å²) in [7, 11) is 2.05. The molecule has 6 nitrogen and oxygen atoms in total.